The molecule has 9 nitrogen and oxygen atoms in total. The number of carboxylic acid groups (broad SMARTS) is 1. The number of aromatic nitrogens is 1. The number of likely N-dealkylation sites (tertiary alicyclic amines) is 1. The highest BCUT2D eigenvalue weighted by Crippen LogP contribution is 2.30. The van der Waals surface area contributed by atoms with Crippen LogP contribution >= 0.6 is 11.3 Å². The number of nitrogens with one attached hydrogen (secondary N) is 1. The fourth-order valence-corrected chi connectivity index (χ4v) is 4.47. The summed E-state index contributed by atoms with van der Waals surface area (Å²) in [5.74, 6) is -1.30. The largest absolute Gasteiger partial charge is 0.480 e. The van der Waals surface area contributed by atoms with Gasteiger partial charge in [-0.3, -0.25) is 4.79 Å². The average molecular weight is 476 g/mol. The van der Waals surface area contributed by atoms with Crippen LogP contribution in [0.5, 0.6) is 5.88 Å². The van der Waals surface area contributed by atoms with Gasteiger partial charge >= 0.3 is 12.1 Å². The van der Waals surface area contributed by atoms with Crippen LogP contribution in [0.25, 0.3) is 10.6 Å². The first-order valence-corrected chi connectivity index (χ1v) is 11.5. The van der Waals surface area contributed by atoms with Crippen LogP contribution < -0.4 is 10.1 Å². The van der Waals surface area contributed by atoms with Crippen molar-refractivity contribution in [2.45, 2.75) is 39.3 Å². The minimum absolute atomic E-state index is 0.194. The average Bonchev–Trinajstić information content (AvgIpc) is 3.45. The van der Waals surface area contributed by atoms with Crippen LogP contribution in [0.3, 0.4) is 0 Å². The zero-order valence-corrected chi connectivity index (χ0v) is 19.9. The lowest BCUT2D eigenvalue weighted by atomic mass is 9.85. The lowest BCUT2D eigenvalue weighted by Crippen LogP contribution is -2.56. The summed E-state index contributed by atoms with van der Waals surface area (Å²) in [5.41, 5.74) is 0.158. The summed E-state index contributed by atoms with van der Waals surface area (Å²) >= 11 is 1.58. The van der Waals surface area contributed by atoms with Gasteiger partial charge in [0.25, 0.3) is 0 Å². The van der Waals surface area contributed by atoms with E-state index in [0.717, 1.165) is 10.6 Å². The Bertz CT molecular complexity index is 988. The van der Waals surface area contributed by atoms with Crippen molar-refractivity contribution in [3.63, 3.8) is 0 Å². The summed E-state index contributed by atoms with van der Waals surface area (Å²) in [6.07, 6.45) is -0.494. The van der Waals surface area contributed by atoms with Crippen molar-refractivity contribution in [1.29, 1.82) is 0 Å². The molecule has 0 aliphatic carbocycles. The van der Waals surface area contributed by atoms with Gasteiger partial charge < -0.3 is 24.8 Å². The molecule has 1 saturated heterocycles. The van der Waals surface area contributed by atoms with Gasteiger partial charge in [-0.15, -0.1) is 11.3 Å². The van der Waals surface area contributed by atoms with Crippen LogP contribution in [-0.2, 0) is 14.3 Å². The highest BCUT2D eigenvalue weighted by atomic mass is 32.1. The van der Waals surface area contributed by atoms with Crippen molar-refractivity contribution < 1.29 is 29.0 Å². The van der Waals surface area contributed by atoms with Crippen molar-refractivity contribution in [2.24, 2.45) is 11.3 Å². The minimum Gasteiger partial charge on any atom is -0.480 e. The monoisotopic (exact) mass is 475 g/mol. The Balaban J connectivity index is 1.70. The van der Waals surface area contributed by atoms with Crippen LogP contribution in [0.4, 0.5) is 4.79 Å². The molecule has 2 aromatic heterocycles. The molecule has 33 heavy (non-hydrogen) atoms. The van der Waals surface area contributed by atoms with Crippen molar-refractivity contribution in [3.8, 4) is 16.5 Å². The molecular formula is C23H29N3O6S. The van der Waals surface area contributed by atoms with Crippen molar-refractivity contribution >= 4 is 29.3 Å². The Kier molecular flexibility index (Phi) is 7.57. The van der Waals surface area contributed by atoms with E-state index >= 15 is 0 Å². The van der Waals surface area contributed by atoms with Gasteiger partial charge in [0, 0.05) is 18.5 Å². The number of amides is 2. The SMILES string of the molecule is COC(=O)NC(C(=O)N1CC(COc2cccc(-c3cccs3)n2)CC1C(=O)O)C(C)(C)C. The summed E-state index contributed by atoms with van der Waals surface area (Å²) < 4.78 is 10.5. The second-order valence-corrected chi connectivity index (χ2v) is 9.98. The molecule has 3 rings (SSSR count). The smallest absolute Gasteiger partial charge is 0.407 e. The molecule has 1 fully saturated rings. The number of ether oxygens (including phenoxy) is 2. The zero-order valence-electron chi connectivity index (χ0n) is 19.1. The number of carbonyl (C=O) groups is 3. The van der Waals surface area contributed by atoms with Crippen LogP contribution in [0.15, 0.2) is 35.7 Å². The highest BCUT2D eigenvalue weighted by Gasteiger charge is 2.45. The van der Waals surface area contributed by atoms with Crippen LogP contribution in [-0.4, -0.2) is 65.3 Å². The van der Waals surface area contributed by atoms with E-state index in [1.165, 1.54) is 12.0 Å². The molecule has 2 N–H and O–H groups in total. The first-order valence-electron chi connectivity index (χ1n) is 10.6. The molecule has 0 bridgehead atoms. The molecule has 1 aliphatic rings. The Hall–Kier alpha value is -3.14. The summed E-state index contributed by atoms with van der Waals surface area (Å²) in [4.78, 5) is 43.9. The predicted octanol–water partition coefficient (Wildman–Crippen LogP) is 3.26. The standard InChI is InChI=1S/C23H29N3O6S/c1-23(2,3)19(25-22(30)31-4)20(27)26-12-14(11-16(26)21(28)29)13-32-18-9-5-7-15(24-18)17-8-6-10-33-17/h5-10,14,16,19H,11-13H2,1-4H3,(H,25,30)(H,28,29). The molecule has 178 valence electrons. The first kappa shape index (κ1) is 24.5. The number of methoxy groups -OCH3 is 1. The van der Waals surface area contributed by atoms with E-state index in [1.54, 1.807) is 38.2 Å². The predicted molar refractivity (Wildman–Crippen MR) is 123 cm³/mol. The lowest BCUT2D eigenvalue weighted by molar-refractivity contribution is -0.150. The normalized spacial score (nSPS) is 19.1. The molecule has 3 unspecified atom stereocenters. The van der Waals surface area contributed by atoms with E-state index in [4.69, 9.17) is 4.74 Å². The number of hydrogen-bond acceptors (Lipinski definition) is 7. The number of pyridine rings is 1. The fraction of sp³-hybridized carbons (Fsp3) is 0.478. The van der Waals surface area contributed by atoms with Gasteiger partial charge in [-0.1, -0.05) is 32.9 Å². The lowest BCUT2D eigenvalue weighted by Gasteiger charge is -2.34. The number of aliphatic carboxylic acids is 1. The van der Waals surface area contributed by atoms with E-state index in [9.17, 15) is 19.5 Å². The minimum atomic E-state index is -1.09. The van der Waals surface area contributed by atoms with Gasteiger partial charge in [0.05, 0.1) is 24.3 Å². The number of carboxylic acids is 1. The van der Waals surface area contributed by atoms with E-state index in [-0.39, 0.29) is 25.5 Å². The molecule has 0 spiro atoms. The fourth-order valence-electron chi connectivity index (χ4n) is 3.77. The summed E-state index contributed by atoms with van der Waals surface area (Å²) in [7, 11) is 1.21. The second kappa shape index (κ2) is 10.2. The van der Waals surface area contributed by atoms with Gasteiger partial charge in [0.2, 0.25) is 11.8 Å². The number of nitrogens with zero attached hydrogens (tertiary/aromatic N) is 2. The van der Waals surface area contributed by atoms with Crippen LogP contribution in [0, 0.1) is 11.3 Å². The molecule has 0 aromatic carbocycles. The summed E-state index contributed by atoms with van der Waals surface area (Å²) in [6.45, 7) is 5.81. The van der Waals surface area contributed by atoms with Crippen molar-refractivity contribution in [2.75, 3.05) is 20.3 Å². The third-order valence-electron chi connectivity index (χ3n) is 5.48. The third-order valence-corrected chi connectivity index (χ3v) is 6.37. The summed E-state index contributed by atoms with van der Waals surface area (Å²) in [5, 5.41) is 14.3. The molecule has 1 aliphatic heterocycles. The number of thiophene rings is 1. The molecule has 0 radical (unpaired) electrons. The topological polar surface area (TPSA) is 118 Å². The Morgan fingerprint density at radius 2 is 2.03 bits per heavy atom. The maximum atomic E-state index is 13.3. The Morgan fingerprint density at radius 3 is 2.64 bits per heavy atom. The zero-order chi connectivity index (χ0) is 24.2. The van der Waals surface area contributed by atoms with E-state index in [1.807, 2.05) is 29.6 Å². The maximum absolute atomic E-state index is 13.3. The maximum Gasteiger partial charge on any atom is 0.407 e. The Labute approximate surface area is 196 Å². The number of carbonyl (C=O) groups excluding carboxylic acids is 2. The van der Waals surface area contributed by atoms with Gasteiger partial charge in [0.1, 0.15) is 12.1 Å². The second-order valence-electron chi connectivity index (χ2n) is 9.03. The van der Waals surface area contributed by atoms with Crippen LogP contribution in [0.1, 0.15) is 27.2 Å². The number of hydrogen-bond donors (Lipinski definition) is 2. The molecule has 10 heteroatoms. The van der Waals surface area contributed by atoms with Gasteiger partial charge in [-0.2, -0.15) is 0 Å². The van der Waals surface area contributed by atoms with E-state index < -0.39 is 35.5 Å². The molecule has 2 amide bonds. The van der Waals surface area contributed by atoms with E-state index in [0.29, 0.717) is 5.88 Å². The molecule has 3 heterocycles. The first-order chi connectivity index (χ1) is 15.6. The summed E-state index contributed by atoms with van der Waals surface area (Å²) in [6, 6.07) is 7.49. The highest BCUT2D eigenvalue weighted by molar-refractivity contribution is 7.13. The molecular weight excluding hydrogens is 446 g/mol. The Morgan fingerprint density at radius 1 is 1.27 bits per heavy atom. The van der Waals surface area contributed by atoms with Gasteiger partial charge in [0.15, 0.2) is 0 Å². The third kappa shape index (κ3) is 6.01. The molecule has 3 atom stereocenters. The van der Waals surface area contributed by atoms with Gasteiger partial charge in [-0.25, -0.2) is 14.6 Å². The van der Waals surface area contributed by atoms with Crippen molar-refractivity contribution in [1.82, 2.24) is 15.2 Å². The number of alkyl carbamates (subject to hydrolysis) is 1. The molecule has 0 saturated carbocycles. The van der Waals surface area contributed by atoms with Gasteiger partial charge in [-0.05, 0) is 29.3 Å². The quantitative estimate of drug-likeness (QED) is 0.631. The number of rotatable bonds is 7. The van der Waals surface area contributed by atoms with Crippen molar-refractivity contribution in [3.05, 3.63) is 35.7 Å². The van der Waals surface area contributed by atoms with Crippen LogP contribution in [0.2, 0.25) is 0 Å². The van der Waals surface area contributed by atoms with E-state index in [2.05, 4.69) is 15.0 Å². The molecule has 2 aromatic rings.